The fourth-order valence-corrected chi connectivity index (χ4v) is 6.35. The van der Waals surface area contributed by atoms with E-state index in [1.54, 1.807) is 0 Å². The minimum absolute atomic E-state index is 0.661. The molecule has 1 N–H and O–H groups in total. The number of nitrogens with zero attached hydrogens (tertiary/aromatic N) is 1. The van der Waals surface area contributed by atoms with Crippen molar-refractivity contribution >= 4 is 42.3 Å². The lowest BCUT2D eigenvalue weighted by Crippen LogP contribution is -2.28. The maximum Gasteiger partial charge on any atom is 0.0896 e. The van der Waals surface area contributed by atoms with Crippen molar-refractivity contribution < 1.29 is 5.11 Å². The van der Waals surface area contributed by atoms with Crippen molar-refractivity contribution in [2.75, 3.05) is 0 Å². The maximum absolute atomic E-state index is 11.2. The lowest BCUT2D eigenvalue weighted by atomic mass is 9.79. The Bertz CT molecular complexity index is 1380. The summed E-state index contributed by atoms with van der Waals surface area (Å²) in [6.07, 6.45) is 7.11. The highest BCUT2D eigenvalue weighted by atomic mass is 32.1. The van der Waals surface area contributed by atoms with Crippen LogP contribution in [-0.4, -0.2) is 10.1 Å². The predicted molar refractivity (Wildman–Crippen MR) is 127 cm³/mol. The van der Waals surface area contributed by atoms with Crippen LogP contribution >= 0.6 is 11.3 Å². The molecule has 1 aliphatic rings. The van der Waals surface area contributed by atoms with Gasteiger partial charge in [-0.25, -0.2) is 0 Å². The van der Waals surface area contributed by atoms with E-state index in [4.69, 9.17) is 4.98 Å². The first kappa shape index (κ1) is 18.1. The lowest BCUT2D eigenvalue weighted by Gasteiger charge is -2.32. The van der Waals surface area contributed by atoms with Crippen LogP contribution < -0.4 is 0 Å². The zero-order chi connectivity index (χ0) is 20.1. The molecule has 1 aliphatic carbocycles. The van der Waals surface area contributed by atoms with Gasteiger partial charge in [0.2, 0.25) is 0 Å². The Morgan fingerprint density at radius 2 is 1.53 bits per heavy atom. The van der Waals surface area contributed by atoms with Crippen molar-refractivity contribution in [2.45, 2.75) is 37.7 Å². The van der Waals surface area contributed by atoms with Crippen LogP contribution in [0.1, 0.15) is 37.7 Å². The number of aliphatic hydroxyl groups is 1. The summed E-state index contributed by atoms with van der Waals surface area (Å²) in [7, 11) is 0. The Balaban J connectivity index is 1.57. The number of aromatic nitrogens is 1. The number of hydrogen-bond acceptors (Lipinski definition) is 3. The summed E-state index contributed by atoms with van der Waals surface area (Å²) >= 11 is 1.83. The van der Waals surface area contributed by atoms with Gasteiger partial charge in [0.1, 0.15) is 0 Å². The summed E-state index contributed by atoms with van der Waals surface area (Å²) in [5, 5.41) is 16.2. The summed E-state index contributed by atoms with van der Waals surface area (Å²) in [5.74, 6) is 0. The predicted octanol–water partition coefficient (Wildman–Crippen LogP) is 7.42. The molecule has 6 rings (SSSR count). The van der Waals surface area contributed by atoms with Gasteiger partial charge in [0.25, 0.3) is 0 Å². The summed E-state index contributed by atoms with van der Waals surface area (Å²) < 4.78 is 2.54. The average Bonchev–Trinajstić information content (AvgIpc) is 3.19. The van der Waals surface area contributed by atoms with Gasteiger partial charge in [-0.15, -0.1) is 11.3 Å². The molecule has 30 heavy (non-hydrogen) atoms. The fraction of sp³-hybridized carbons (Fsp3) is 0.222. The molecule has 3 aromatic carbocycles. The summed E-state index contributed by atoms with van der Waals surface area (Å²) in [6, 6.07) is 23.6. The first-order valence-corrected chi connectivity index (χ1v) is 11.6. The third kappa shape index (κ3) is 2.77. The normalized spacial score (nSPS) is 16.4. The van der Waals surface area contributed by atoms with Crippen molar-refractivity contribution in [1.82, 2.24) is 4.98 Å². The second-order valence-corrected chi connectivity index (χ2v) is 9.50. The Hall–Kier alpha value is -2.75. The number of fused-ring (bicyclic) bond motifs is 5. The molecule has 0 unspecified atom stereocenters. The molecule has 0 amide bonds. The van der Waals surface area contributed by atoms with Crippen LogP contribution in [0.25, 0.3) is 42.2 Å². The van der Waals surface area contributed by atoms with E-state index < -0.39 is 5.60 Å². The molecule has 2 aromatic heterocycles. The molecule has 0 spiro atoms. The first-order chi connectivity index (χ1) is 14.7. The molecule has 0 atom stereocenters. The summed E-state index contributed by atoms with van der Waals surface area (Å²) in [4.78, 5) is 4.71. The second kappa shape index (κ2) is 6.90. The molecule has 0 aliphatic heterocycles. The molecule has 2 nitrogen and oxygen atoms in total. The molecule has 0 saturated heterocycles. The van der Waals surface area contributed by atoms with Crippen LogP contribution in [0, 0.1) is 0 Å². The number of benzene rings is 3. The molecule has 1 saturated carbocycles. The van der Waals surface area contributed by atoms with Crippen molar-refractivity contribution in [3.05, 3.63) is 78.5 Å². The number of pyridine rings is 1. The monoisotopic (exact) mass is 409 g/mol. The van der Waals surface area contributed by atoms with Crippen LogP contribution in [0.4, 0.5) is 0 Å². The SMILES string of the molecule is OC1(c2ccc3c(ccc4c5ccnc(-c6ccccc6)c5sc34)c2)CCCCC1. The van der Waals surface area contributed by atoms with Gasteiger partial charge in [-0.05, 0) is 41.3 Å². The highest BCUT2D eigenvalue weighted by molar-refractivity contribution is 7.27. The van der Waals surface area contributed by atoms with Crippen LogP contribution in [0.2, 0.25) is 0 Å². The molecular weight excluding hydrogens is 386 g/mol. The molecule has 5 aromatic rings. The standard InChI is InChI=1S/C27H23NOS/c29-27(14-5-2-6-15-27)20-10-12-21-19(17-20)9-11-22-23-13-16-28-24(26(23)30-25(21)22)18-7-3-1-4-8-18/h1,3-4,7-13,16-17,29H,2,5-6,14-15H2. The van der Waals surface area contributed by atoms with Gasteiger partial charge in [-0.3, -0.25) is 4.98 Å². The van der Waals surface area contributed by atoms with E-state index in [1.807, 2.05) is 23.6 Å². The summed E-state index contributed by atoms with van der Waals surface area (Å²) in [6.45, 7) is 0. The molecule has 0 radical (unpaired) electrons. The van der Waals surface area contributed by atoms with Crippen LogP contribution in [0.15, 0.2) is 72.9 Å². The molecule has 1 fully saturated rings. The van der Waals surface area contributed by atoms with Gasteiger partial charge >= 0.3 is 0 Å². The van der Waals surface area contributed by atoms with E-state index in [9.17, 15) is 5.11 Å². The molecular formula is C27H23NOS. The van der Waals surface area contributed by atoms with Crippen molar-refractivity contribution in [3.63, 3.8) is 0 Å². The van der Waals surface area contributed by atoms with Crippen LogP contribution in [0.5, 0.6) is 0 Å². The van der Waals surface area contributed by atoms with Gasteiger partial charge < -0.3 is 5.11 Å². The lowest BCUT2D eigenvalue weighted by molar-refractivity contribution is -0.000507. The van der Waals surface area contributed by atoms with Gasteiger partial charge in [-0.2, -0.15) is 0 Å². The Morgan fingerprint density at radius 1 is 0.767 bits per heavy atom. The average molecular weight is 410 g/mol. The van der Waals surface area contributed by atoms with E-state index in [1.165, 1.54) is 37.4 Å². The first-order valence-electron chi connectivity index (χ1n) is 10.8. The number of hydrogen-bond donors (Lipinski definition) is 1. The largest absolute Gasteiger partial charge is 0.385 e. The van der Waals surface area contributed by atoms with E-state index in [0.29, 0.717) is 0 Å². The Morgan fingerprint density at radius 3 is 2.37 bits per heavy atom. The highest BCUT2D eigenvalue weighted by Gasteiger charge is 2.31. The third-order valence-corrected chi connectivity index (χ3v) is 7.90. The van der Waals surface area contributed by atoms with Gasteiger partial charge in [0.05, 0.1) is 16.0 Å². The van der Waals surface area contributed by atoms with Crippen LogP contribution in [0.3, 0.4) is 0 Å². The minimum atomic E-state index is -0.661. The quantitative estimate of drug-likeness (QED) is 0.329. The van der Waals surface area contributed by atoms with E-state index in [-0.39, 0.29) is 0 Å². The van der Waals surface area contributed by atoms with Crippen molar-refractivity contribution in [1.29, 1.82) is 0 Å². The summed E-state index contributed by atoms with van der Waals surface area (Å²) in [5.41, 5.74) is 2.62. The van der Waals surface area contributed by atoms with Gasteiger partial charge in [0.15, 0.2) is 0 Å². The van der Waals surface area contributed by atoms with Crippen molar-refractivity contribution in [2.24, 2.45) is 0 Å². The smallest absolute Gasteiger partial charge is 0.0896 e. The third-order valence-electron chi connectivity index (χ3n) is 6.63. The van der Waals surface area contributed by atoms with Gasteiger partial charge in [0, 0.05) is 27.2 Å². The van der Waals surface area contributed by atoms with E-state index >= 15 is 0 Å². The molecule has 2 heterocycles. The number of thiophene rings is 1. The molecule has 3 heteroatoms. The van der Waals surface area contributed by atoms with E-state index in [2.05, 4.69) is 60.7 Å². The second-order valence-electron chi connectivity index (χ2n) is 8.47. The Kier molecular flexibility index (Phi) is 4.15. The highest BCUT2D eigenvalue weighted by Crippen LogP contribution is 2.43. The molecule has 0 bridgehead atoms. The fourth-order valence-electron chi connectivity index (χ4n) is 5.01. The molecule has 148 valence electrons. The van der Waals surface area contributed by atoms with E-state index in [0.717, 1.165) is 42.5 Å². The topological polar surface area (TPSA) is 33.1 Å². The van der Waals surface area contributed by atoms with Crippen molar-refractivity contribution in [3.8, 4) is 11.3 Å². The zero-order valence-corrected chi connectivity index (χ0v) is 17.6. The zero-order valence-electron chi connectivity index (χ0n) is 16.8. The minimum Gasteiger partial charge on any atom is -0.385 e. The van der Waals surface area contributed by atoms with Crippen LogP contribution in [-0.2, 0) is 5.60 Å². The van der Waals surface area contributed by atoms with Gasteiger partial charge in [-0.1, -0.05) is 73.9 Å². The maximum atomic E-state index is 11.2. The number of rotatable bonds is 2. The Labute approximate surface area is 179 Å².